The maximum Gasteiger partial charge on any atom is 0.213 e. The number of rotatable bonds is 14. The van der Waals surface area contributed by atoms with Gasteiger partial charge in [0.2, 0.25) is 5.13 Å². The van der Waals surface area contributed by atoms with Crippen LogP contribution in [0.3, 0.4) is 0 Å². The SMILES string of the molecule is CCc1cc(C)cc(CC)c1Nc1nc(N(c2nc3ccccc3s2)c2c(CC)cc(C)cc2CC)cc(C)c1NCNc1c(C#N)c(C(C)(C)C)nn1-c1nc2ccccc2s1. The monoisotopic (exact) mass is 872 g/mol. The van der Waals surface area contributed by atoms with Crippen molar-refractivity contribution in [1.29, 1.82) is 5.26 Å². The lowest BCUT2D eigenvalue weighted by atomic mass is 9.89. The fourth-order valence-corrected chi connectivity index (χ4v) is 10.3. The van der Waals surface area contributed by atoms with Crippen LogP contribution in [-0.4, -0.2) is 31.4 Å². The summed E-state index contributed by atoms with van der Waals surface area (Å²) >= 11 is 3.23. The Bertz CT molecular complexity index is 2900. The number of nitrogens with one attached hydrogen (secondary N) is 3. The summed E-state index contributed by atoms with van der Waals surface area (Å²) in [5.41, 5.74) is 14.2. The van der Waals surface area contributed by atoms with Crippen molar-refractivity contribution in [1.82, 2.24) is 24.7 Å². The van der Waals surface area contributed by atoms with Crippen molar-refractivity contribution in [2.75, 3.05) is 27.5 Å². The fraction of sp³-hybridized carbons (Fsp3) is 0.314. The van der Waals surface area contributed by atoms with Gasteiger partial charge in [-0.25, -0.2) is 15.0 Å². The summed E-state index contributed by atoms with van der Waals surface area (Å²) in [6.07, 6.45) is 3.45. The average Bonchev–Trinajstić information content (AvgIpc) is 4.00. The van der Waals surface area contributed by atoms with Crippen LogP contribution in [-0.2, 0) is 31.1 Å². The maximum absolute atomic E-state index is 10.6. The van der Waals surface area contributed by atoms with Crippen LogP contribution in [0.1, 0.15) is 98.7 Å². The van der Waals surface area contributed by atoms with E-state index in [2.05, 4.69) is 151 Å². The van der Waals surface area contributed by atoms with E-state index in [0.29, 0.717) is 28.0 Å². The first-order valence-corrected chi connectivity index (χ1v) is 23.5. The van der Waals surface area contributed by atoms with Crippen molar-refractivity contribution >= 4 is 82.8 Å². The second-order valence-electron chi connectivity index (χ2n) is 17.1. The summed E-state index contributed by atoms with van der Waals surface area (Å²) in [5.74, 6) is 2.07. The van der Waals surface area contributed by atoms with Crippen molar-refractivity contribution < 1.29 is 0 Å². The molecule has 10 nitrogen and oxygen atoms in total. The van der Waals surface area contributed by atoms with Gasteiger partial charge in [-0.05, 0) is 105 Å². The van der Waals surface area contributed by atoms with Gasteiger partial charge < -0.3 is 16.0 Å². The van der Waals surface area contributed by atoms with Crippen LogP contribution in [0.5, 0.6) is 0 Å². The Balaban J connectivity index is 1.28. The number of pyridine rings is 1. The number of nitrogens with zero attached hydrogens (tertiary/aromatic N) is 7. The molecule has 0 atom stereocenters. The first kappa shape index (κ1) is 43.4. The first-order chi connectivity index (χ1) is 30.3. The van der Waals surface area contributed by atoms with E-state index in [9.17, 15) is 5.26 Å². The molecule has 0 aliphatic rings. The average molecular weight is 873 g/mol. The van der Waals surface area contributed by atoms with Crippen molar-refractivity contribution in [3.8, 4) is 11.2 Å². The second-order valence-corrected chi connectivity index (χ2v) is 19.1. The number of aryl methyl sites for hydroxylation is 7. The molecule has 8 rings (SSSR count). The molecule has 8 aromatic rings. The molecule has 0 aliphatic heterocycles. The number of thiazole rings is 2. The van der Waals surface area contributed by atoms with E-state index in [-0.39, 0.29) is 12.1 Å². The zero-order valence-electron chi connectivity index (χ0n) is 38.0. The highest BCUT2D eigenvalue weighted by atomic mass is 32.1. The molecule has 0 saturated carbocycles. The standard InChI is InChI=1S/C51H56N10S2/c1-11-33-23-30(5)24-34(12-2)44(33)58-47-43(53-29-54-48-37(28-52)46(51(8,9)10)59-61(48)50-56-39-20-16-18-22-41(39)63-50)32(7)27-42(57-47)60(49-55-38-19-15-17-21-40(38)62-49)45-35(13-3)25-31(6)26-36(45)14-4/h15-27,53-54H,11-14,29H2,1-10H3,(H,57,58). The third-order valence-corrected chi connectivity index (χ3v) is 13.5. The number of nitriles is 1. The fourth-order valence-electron chi connectivity index (χ4n) is 8.40. The molecule has 0 unspecified atom stereocenters. The lowest BCUT2D eigenvalue weighted by Crippen LogP contribution is -2.20. The molecule has 4 aromatic heterocycles. The Morgan fingerprint density at radius 2 is 1.27 bits per heavy atom. The van der Waals surface area contributed by atoms with E-state index in [1.54, 1.807) is 27.4 Å². The predicted octanol–water partition coefficient (Wildman–Crippen LogP) is 13.5. The Labute approximate surface area is 379 Å². The van der Waals surface area contributed by atoms with E-state index in [1.807, 2.05) is 24.3 Å². The molecule has 0 bridgehead atoms. The molecule has 0 saturated heterocycles. The van der Waals surface area contributed by atoms with Crippen LogP contribution in [0.2, 0.25) is 0 Å². The van der Waals surface area contributed by atoms with Crippen molar-refractivity contribution in [2.45, 2.75) is 100 Å². The molecule has 0 radical (unpaired) electrons. The Morgan fingerprint density at radius 1 is 0.698 bits per heavy atom. The number of hydrogen-bond acceptors (Lipinski definition) is 11. The third-order valence-electron chi connectivity index (χ3n) is 11.4. The molecule has 322 valence electrons. The number of aromatic nitrogens is 5. The Hall–Kier alpha value is -6.29. The summed E-state index contributed by atoms with van der Waals surface area (Å²) < 4.78 is 3.97. The van der Waals surface area contributed by atoms with Crippen LogP contribution in [0.15, 0.2) is 78.9 Å². The highest BCUT2D eigenvalue weighted by Gasteiger charge is 2.30. The minimum Gasteiger partial charge on any atom is -0.365 e. The van der Waals surface area contributed by atoms with Crippen LogP contribution in [0.4, 0.5) is 39.6 Å². The molecule has 4 aromatic carbocycles. The molecule has 0 aliphatic carbocycles. The van der Waals surface area contributed by atoms with Gasteiger partial charge in [-0.1, -0.05) is 131 Å². The van der Waals surface area contributed by atoms with Crippen LogP contribution >= 0.6 is 22.7 Å². The lowest BCUT2D eigenvalue weighted by molar-refractivity contribution is 0.559. The minimum absolute atomic E-state index is 0.278. The normalized spacial score (nSPS) is 11.6. The first-order valence-electron chi connectivity index (χ1n) is 21.9. The molecule has 4 heterocycles. The van der Waals surface area contributed by atoms with Gasteiger partial charge in [0.15, 0.2) is 16.8 Å². The quantitative estimate of drug-likeness (QED) is 0.0917. The molecule has 0 spiro atoms. The zero-order chi connectivity index (χ0) is 44.6. The summed E-state index contributed by atoms with van der Waals surface area (Å²) in [6.45, 7) is 21.8. The molecule has 63 heavy (non-hydrogen) atoms. The molecular weight excluding hydrogens is 817 g/mol. The number of fused-ring (bicyclic) bond motifs is 2. The molecule has 0 amide bonds. The van der Waals surface area contributed by atoms with E-state index in [0.717, 1.165) is 79.7 Å². The number of benzene rings is 4. The number of hydrogen-bond donors (Lipinski definition) is 3. The van der Waals surface area contributed by atoms with Crippen LogP contribution in [0, 0.1) is 32.1 Å². The van der Waals surface area contributed by atoms with E-state index in [4.69, 9.17) is 20.1 Å². The van der Waals surface area contributed by atoms with Gasteiger partial charge in [0.05, 0.1) is 44.2 Å². The van der Waals surface area contributed by atoms with Gasteiger partial charge in [0.25, 0.3) is 0 Å². The summed E-state index contributed by atoms with van der Waals surface area (Å²) in [5, 5.41) is 28.4. The van der Waals surface area contributed by atoms with Gasteiger partial charge in [-0.3, -0.25) is 4.90 Å². The molecule has 12 heteroatoms. The zero-order valence-corrected chi connectivity index (χ0v) is 39.6. The number of para-hydroxylation sites is 2. The topological polar surface area (TPSA) is 120 Å². The summed E-state index contributed by atoms with van der Waals surface area (Å²) in [4.78, 5) is 18.1. The van der Waals surface area contributed by atoms with Gasteiger partial charge in [0, 0.05) is 11.1 Å². The van der Waals surface area contributed by atoms with E-state index < -0.39 is 0 Å². The third kappa shape index (κ3) is 8.47. The lowest BCUT2D eigenvalue weighted by Gasteiger charge is -2.29. The highest BCUT2D eigenvalue weighted by Crippen LogP contribution is 2.45. The largest absolute Gasteiger partial charge is 0.365 e. The minimum atomic E-state index is -0.381. The van der Waals surface area contributed by atoms with Gasteiger partial charge in [-0.2, -0.15) is 15.0 Å². The molecule has 0 fully saturated rings. The maximum atomic E-state index is 10.6. The van der Waals surface area contributed by atoms with Gasteiger partial charge >= 0.3 is 0 Å². The van der Waals surface area contributed by atoms with E-state index >= 15 is 0 Å². The van der Waals surface area contributed by atoms with Crippen molar-refractivity contribution in [3.05, 3.63) is 129 Å². The molecular formula is C51H56N10S2. The highest BCUT2D eigenvalue weighted by molar-refractivity contribution is 7.22. The summed E-state index contributed by atoms with van der Waals surface area (Å²) in [6, 6.07) is 30.2. The van der Waals surface area contributed by atoms with E-state index in [1.165, 1.54) is 33.4 Å². The Kier molecular flexibility index (Phi) is 12.3. The Morgan fingerprint density at radius 3 is 1.83 bits per heavy atom. The van der Waals surface area contributed by atoms with Gasteiger partial charge in [-0.15, -0.1) is 0 Å². The summed E-state index contributed by atoms with van der Waals surface area (Å²) in [7, 11) is 0. The predicted molar refractivity (Wildman–Crippen MR) is 266 cm³/mol. The van der Waals surface area contributed by atoms with Crippen LogP contribution in [0.25, 0.3) is 25.6 Å². The van der Waals surface area contributed by atoms with Gasteiger partial charge in [0.1, 0.15) is 17.5 Å². The van der Waals surface area contributed by atoms with Crippen molar-refractivity contribution in [3.63, 3.8) is 0 Å². The number of anilines is 7. The molecule has 3 N–H and O–H groups in total. The smallest absolute Gasteiger partial charge is 0.213 e. The van der Waals surface area contributed by atoms with Crippen LogP contribution < -0.4 is 20.9 Å². The van der Waals surface area contributed by atoms with Crippen molar-refractivity contribution in [2.24, 2.45) is 0 Å². The second kappa shape index (κ2) is 17.8.